The van der Waals surface area contributed by atoms with Crippen molar-refractivity contribution in [1.29, 1.82) is 0 Å². The molecule has 2 aromatic carbocycles. The highest BCUT2D eigenvalue weighted by Crippen LogP contribution is 2.33. The van der Waals surface area contributed by atoms with Gasteiger partial charge >= 0.3 is 24.2 Å². The highest BCUT2D eigenvalue weighted by Gasteiger charge is 2.42. The number of aromatic nitrogens is 4. The van der Waals surface area contributed by atoms with Gasteiger partial charge in [-0.15, -0.1) is 0 Å². The average molecular weight is 663 g/mol. The van der Waals surface area contributed by atoms with Gasteiger partial charge in [-0.05, 0) is 51.3 Å². The quantitative estimate of drug-likeness (QED) is 0.240. The number of halogens is 1. The molecule has 0 spiro atoms. The summed E-state index contributed by atoms with van der Waals surface area (Å²) >= 11 is 0. The fraction of sp³-hybridized carbons (Fsp3) is 0.412. The van der Waals surface area contributed by atoms with Gasteiger partial charge in [0.05, 0.1) is 17.8 Å². The number of benzene rings is 2. The number of nitrogens with zero attached hydrogens (tertiary/aromatic N) is 6. The van der Waals surface area contributed by atoms with Gasteiger partial charge in [0.25, 0.3) is 0 Å². The highest BCUT2D eigenvalue weighted by atomic mass is 19.1. The van der Waals surface area contributed by atoms with Crippen molar-refractivity contribution in [2.75, 3.05) is 20.1 Å². The summed E-state index contributed by atoms with van der Waals surface area (Å²) in [5.41, 5.74) is 2.27. The van der Waals surface area contributed by atoms with Crippen molar-refractivity contribution in [1.82, 2.24) is 29.5 Å². The Morgan fingerprint density at radius 2 is 1.88 bits per heavy atom. The lowest BCUT2D eigenvalue weighted by atomic mass is 10.0. The number of carbonyl (C=O) groups excluding carboxylic acids is 2. The zero-order chi connectivity index (χ0) is 34.6. The normalized spacial score (nSPS) is 16.2. The average Bonchev–Trinajstić information content (AvgIpc) is 3.59. The molecule has 254 valence electrons. The van der Waals surface area contributed by atoms with Gasteiger partial charge in [-0.2, -0.15) is 10.1 Å². The molecule has 0 saturated carbocycles. The second kappa shape index (κ2) is 14.2. The van der Waals surface area contributed by atoms with E-state index in [2.05, 4.69) is 15.1 Å². The van der Waals surface area contributed by atoms with Crippen LogP contribution in [0, 0.1) is 5.82 Å². The molecule has 4 aromatic rings. The Morgan fingerprint density at radius 1 is 1.12 bits per heavy atom. The largest absolute Gasteiger partial charge is 0.480 e. The van der Waals surface area contributed by atoms with E-state index in [9.17, 15) is 23.9 Å². The van der Waals surface area contributed by atoms with Gasteiger partial charge in [-0.3, -0.25) is 9.58 Å². The fourth-order valence-electron chi connectivity index (χ4n) is 5.58. The number of aryl methyl sites for hydroxylation is 2. The second-order valence-corrected chi connectivity index (χ2v) is 12.7. The number of hydrogen-bond acceptors (Lipinski definition) is 9. The molecule has 2 atom stereocenters. The fourth-order valence-corrected chi connectivity index (χ4v) is 5.58. The molecule has 1 aliphatic heterocycles. The summed E-state index contributed by atoms with van der Waals surface area (Å²) in [6.45, 7) is 5.81. The van der Waals surface area contributed by atoms with Crippen molar-refractivity contribution in [2.24, 2.45) is 7.05 Å². The Hall–Kier alpha value is -5.27. The Kier molecular flexibility index (Phi) is 10.1. The summed E-state index contributed by atoms with van der Waals surface area (Å²) in [5.74, 6) is -1.69. The van der Waals surface area contributed by atoms with Crippen molar-refractivity contribution in [2.45, 2.75) is 64.4 Å². The SMILES string of the molecule is CN(CCCc1c2c(-c3ccnc(O[C@H]4C[C@@H](C(=O)O)N(C(=O)OCc5ccccc5)C4)n3)cc(F)cc2nn1C)C(=O)OC(C)(C)C. The van der Waals surface area contributed by atoms with E-state index in [4.69, 9.17) is 14.2 Å². The first-order chi connectivity index (χ1) is 22.8. The molecular formula is C34H39FN6O7. The first kappa shape index (κ1) is 34.1. The van der Waals surface area contributed by atoms with Crippen LogP contribution in [0.3, 0.4) is 0 Å². The summed E-state index contributed by atoms with van der Waals surface area (Å²) in [4.78, 5) is 48.7. The molecule has 14 heteroatoms. The van der Waals surface area contributed by atoms with Crippen LogP contribution in [0.25, 0.3) is 22.2 Å². The monoisotopic (exact) mass is 662 g/mol. The van der Waals surface area contributed by atoms with Crippen LogP contribution in [0.4, 0.5) is 14.0 Å². The van der Waals surface area contributed by atoms with Crippen LogP contribution < -0.4 is 4.74 Å². The van der Waals surface area contributed by atoms with E-state index in [1.807, 2.05) is 39.0 Å². The number of ether oxygens (including phenoxy) is 3. The van der Waals surface area contributed by atoms with E-state index in [1.165, 1.54) is 23.2 Å². The van der Waals surface area contributed by atoms with E-state index < -0.39 is 41.7 Å². The lowest BCUT2D eigenvalue weighted by molar-refractivity contribution is -0.141. The molecule has 0 aliphatic carbocycles. The zero-order valence-electron chi connectivity index (χ0n) is 27.6. The Bertz CT molecular complexity index is 1790. The lowest BCUT2D eigenvalue weighted by Crippen LogP contribution is -2.40. The van der Waals surface area contributed by atoms with E-state index >= 15 is 0 Å². The molecule has 1 aliphatic rings. The molecule has 5 rings (SSSR count). The van der Waals surface area contributed by atoms with Gasteiger partial charge in [-0.25, -0.2) is 23.8 Å². The first-order valence-electron chi connectivity index (χ1n) is 15.6. The summed E-state index contributed by atoms with van der Waals surface area (Å²) in [5, 5.41) is 15.0. The van der Waals surface area contributed by atoms with Crippen LogP contribution in [0.15, 0.2) is 54.7 Å². The molecule has 3 heterocycles. The first-order valence-corrected chi connectivity index (χ1v) is 15.6. The highest BCUT2D eigenvalue weighted by molar-refractivity contribution is 5.96. The summed E-state index contributed by atoms with van der Waals surface area (Å²) in [6.07, 6.45) is 0.675. The van der Waals surface area contributed by atoms with E-state index in [1.54, 1.807) is 37.0 Å². The van der Waals surface area contributed by atoms with Crippen LogP contribution in [-0.2, 0) is 34.3 Å². The topological polar surface area (TPSA) is 149 Å². The standard InChI is InChI=1S/C34H39FN6O7/c1-34(2,3)48-32(44)39(4)15-9-12-27-29-24(16-22(35)17-26(29)38-40(27)5)25-13-14-36-31(37-25)47-23-18-28(30(42)43)41(19-23)33(45)46-20-21-10-7-6-8-11-21/h6-8,10-11,13-14,16-17,23,28H,9,12,15,18-20H2,1-5H3,(H,42,43)/t23-,28-/m0/s1. The summed E-state index contributed by atoms with van der Waals surface area (Å²) in [7, 11) is 3.45. The molecule has 1 saturated heterocycles. The maximum absolute atomic E-state index is 14.9. The second-order valence-electron chi connectivity index (χ2n) is 12.7. The molecule has 0 bridgehead atoms. The molecule has 0 unspecified atom stereocenters. The molecular weight excluding hydrogens is 623 g/mol. The number of aliphatic carboxylic acids is 1. The number of carboxylic acids is 1. The van der Waals surface area contributed by atoms with Crippen LogP contribution in [0.1, 0.15) is 44.9 Å². The predicted molar refractivity (Wildman–Crippen MR) is 173 cm³/mol. The van der Waals surface area contributed by atoms with Crippen molar-refractivity contribution in [3.8, 4) is 17.3 Å². The number of hydrogen-bond donors (Lipinski definition) is 1. The van der Waals surface area contributed by atoms with Gasteiger partial charge < -0.3 is 24.2 Å². The van der Waals surface area contributed by atoms with Gasteiger partial charge in [0.15, 0.2) is 0 Å². The number of carboxylic acid groups (broad SMARTS) is 1. The molecule has 2 aromatic heterocycles. The van der Waals surface area contributed by atoms with Crippen LogP contribution >= 0.6 is 0 Å². The van der Waals surface area contributed by atoms with Gasteiger partial charge in [-0.1, -0.05) is 30.3 Å². The van der Waals surface area contributed by atoms with Crippen LogP contribution in [-0.4, -0.2) is 90.7 Å². The van der Waals surface area contributed by atoms with Gasteiger partial charge in [0.1, 0.15) is 30.2 Å². The van der Waals surface area contributed by atoms with E-state index in [-0.39, 0.29) is 25.6 Å². The molecule has 2 amide bonds. The van der Waals surface area contributed by atoms with Crippen molar-refractivity contribution < 1.29 is 38.1 Å². The number of rotatable bonds is 10. The van der Waals surface area contributed by atoms with Gasteiger partial charge in [0, 0.05) is 56.0 Å². The van der Waals surface area contributed by atoms with Crippen LogP contribution in [0.5, 0.6) is 6.01 Å². The molecule has 1 fully saturated rings. The van der Waals surface area contributed by atoms with E-state index in [0.717, 1.165) is 16.2 Å². The molecule has 13 nitrogen and oxygen atoms in total. The Balaban J connectivity index is 1.32. The minimum atomic E-state index is -1.18. The number of fused-ring (bicyclic) bond motifs is 1. The number of likely N-dealkylation sites (tertiary alicyclic amines) is 1. The Labute approximate surface area is 277 Å². The van der Waals surface area contributed by atoms with E-state index in [0.29, 0.717) is 41.5 Å². The zero-order valence-corrected chi connectivity index (χ0v) is 27.6. The van der Waals surface area contributed by atoms with Crippen molar-refractivity contribution >= 4 is 29.1 Å². The molecule has 0 radical (unpaired) electrons. The smallest absolute Gasteiger partial charge is 0.410 e. The Morgan fingerprint density at radius 3 is 2.58 bits per heavy atom. The molecule has 48 heavy (non-hydrogen) atoms. The summed E-state index contributed by atoms with van der Waals surface area (Å²) < 4.78 is 33.3. The maximum atomic E-state index is 14.9. The third-order valence-corrected chi connectivity index (χ3v) is 7.80. The number of amides is 2. The minimum absolute atomic E-state index is 0.00191. The third-order valence-electron chi connectivity index (χ3n) is 7.80. The maximum Gasteiger partial charge on any atom is 0.410 e. The molecule has 1 N–H and O–H groups in total. The minimum Gasteiger partial charge on any atom is -0.480 e. The predicted octanol–water partition coefficient (Wildman–Crippen LogP) is 5.21. The van der Waals surface area contributed by atoms with Gasteiger partial charge in [0.2, 0.25) is 0 Å². The third kappa shape index (κ3) is 8.17. The lowest BCUT2D eigenvalue weighted by Gasteiger charge is -2.24. The summed E-state index contributed by atoms with van der Waals surface area (Å²) in [6, 6.07) is 12.2. The van der Waals surface area contributed by atoms with Crippen molar-refractivity contribution in [3.63, 3.8) is 0 Å². The number of carbonyl (C=O) groups is 3. The van der Waals surface area contributed by atoms with Crippen LogP contribution in [0.2, 0.25) is 0 Å². The van der Waals surface area contributed by atoms with Crippen molar-refractivity contribution in [3.05, 3.63) is 71.8 Å².